The molecule has 1 atom stereocenters. The topological polar surface area (TPSA) is 51.2 Å². The SMILES string of the molecule is CC(F)(C=O)c1ccc(S(C)(=O)=O)c(Cl)c1. The van der Waals surface area contributed by atoms with Crippen molar-refractivity contribution in [1.29, 1.82) is 0 Å². The van der Waals surface area contributed by atoms with Crippen LogP contribution < -0.4 is 0 Å². The lowest BCUT2D eigenvalue weighted by Gasteiger charge is -2.14. The Labute approximate surface area is 98.1 Å². The molecule has 0 saturated carbocycles. The smallest absolute Gasteiger partial charge is 0.188 e. The van der Waals surface area contributed by atoms with E-state index in [4.69, 9.17) is 11.6 Å². The first-order valence-corrected chi connectivity index (χ1v) is 6.61. The van der Waals surface area contributed by atoms with Gasteiger partial charge < -0.3 is 0 Å². The van der Waals surface area contributed by atoms with Crippen molar-refractivity contribution in [1.82, 2.24) is 0 Å². The van der Waals surface area contributed by atoms with Crippen molar-refractivity contribution in [3.8, 4) is 0 Å². The van der Waals surface area contributed by atoms with Gasteiger partial charge in [0.15, 0.2) is 21.8 Å². The fraction of sp³-hybridized carbons (Fsp3) is 0.300. The van der Waals surface area contributed by atoms with Gasteiger partial charge in [-0.3, -0.25) is 4.79 Å². The molecule has 0 fully saturated rings. The summed E-state index contributed by atoms with van der Waals surface area (Å²) in [5, 5.41) is -0.0919. The van der Waals surface area contributed by atoms with Crippen molar-refractivity contribution in [3.05, 3.63) is 28.8 Å². The van der Waals surface area contributed by atoms with Gasteiger partial charge in [-0.2, -0.15) is 0 Å². The van der Waals surface area contributed by atoms with E-state index in [0.29, 0.717) is 0 Å². The van der Waals surface area contributed by atoms with E-state index in [1.165, 1.54) is 12.1 Å². The third kappa shape index (κ3) is 2.59. The van der Waals surface area contributed by atoms with Gasteiger partial charge in [-0.1, -0.05) is 17.7 Å². The van der Waals surface area contributed by atoms with E-state index in [1.807, 2.05) is 0 Å². The molecule has 0 heterocycles. The highest BCUT2D eigenvalue weighted by Crippen LogP contribution is 2.29. The summed E-state index contributed by atoms with van der Waals surface area (Å²) in [5.74, 6) is 0. The first-order chi connectivity index (χ1) is 7.18. The quantitative estimate of drug-likeness (QED) is 0.786. The molecule has 0 bridgehead atoms. The summed E-state index contributed by atoms with van der Waals surface area (Å²) in [4.78, 5) is 10.4. The Morgan fingerprint density at radius 3 is 2.38 bits per heavy atom. The van der Waals surface area contributed by atoms with Crippen LogP contribution in [0.2, 0.25) is 5.02 Å². The standard InChI is InChI=1S/C10H10ClFO3S/c1-10(12,6-13)7-3-4-9(8(11)5-7)16(2,14)15/h3-6H,1-2H3. The zero-order chi connectivity index (χ0) is 12.6. The average Bonchev–Trinajstić information content (AvgIpc) is 2.15. The lowest BCUT2D eigenvalue weighted by Crippen LogP contribution is -2.17. The van der Waals surface area contributed by atoms with Gasteiger partial charge in [-0.05, 0) is 24.6 Å². The van der Waals surface area contributed by atoms with E-state index in [1.54, 1.807) is 0 Å². The van der Waals surface area contributed by atoms with Gasteiger partial charge in [0, 0.05) is 6.26 Å². The van der Waals surface area contributed by atoms with Crippen LogP contribution in [0.5, 0.6) is 0 Å². The number of benzene rings is 1. The predicted octanol–water partition coefficient (Wildman–Crippen LogP) is 2.13. The second kappa shape index (κ2) is 4.14. The molecule has 0 spiro atoms. The molecule has 0 N–H and O–H groups in total. The number of hydrogen-bond donors (Lipinski definition) is 0. The third-order valence-corrected chi connectivity index (χ3v) is 3.70. The molecule has 1 rings (SSSR count). The van der Waals surface area contributed by atoms with Crippen LogP contribution >= 0.6 is 11.6 Å². The van der Waals surface area contributed by atoms with Crippen LogP contribution in [0.15, 0.2) is 23.1 Å². The summed E-state index contributed by atoms with van der Waals surface area (Å²) in [6, 6.07) is 3.57. The second-order valence-corrected chi connectivity index (χ2v) is 6.00. The lowest BCUT2D eigenvalue weighted by atomic mass is 10.00. The van der Waals surface area contributed by atoms with Crippen molar-refractivity contribution in [2.24, 2.45) is 0 Å². The molecule has 0 radical (unpaired) electrons. The summed E-state index contributed by atoms with van der Waals surface area (Å²) < 4.78 is 36.1. The maximum atomic E-state index is 13.6. The van der Waals surface area contributed by atoms with E-state index in [0.717, 1.165) is 19.2 Å². The number of aldehydes is 1. The molecule has 0 saturated heterocycles. The Hall–Kier alpha value is -0.940. The van der Waals surface area contributed by atoms with Gasteiger partial charge in [0.05, 0.1) is 9.92 Å². The van der Waals surface area contributed by atoms with Crippen molar-refractivity contribution in [2.75, 3.05) is 6.26 Å². The van der Waals surface area contributed by atoms with Crippen molar-refractivity contribution >= 4 is 27.7 Å². The maximum absolute atomic E-state index is 13.6. The van der Waals surface area contributed by atoms with Crippen molar-refractivity contribution in [3.63, 3.8) is 0 Å². The Morgan fingerprint density at radius 2 is 2.00 bits per heavy atom. The predicted molar refractivity (Wildman–Crippen MR) is 59.1 cm³/mol. The van der Waals surface area contributed by atoms with Crippen LogP contribution in [0, 0.1) is 0 Å². The van der Waals surface area contributed by atoms with Crippen molar-refractivity contribution < 1.29 is 17.6 Å². The summed E-state index contributed by atoms with van der Waals surface area (Å²) in [5.41, 5.74) is -2.14. The van der Waals surface area contributed by atoms with E-state index < -0.39 is 15.5 Å². The van der Waals surface area contributed by atoms with E-state index in [2.05, 4.69) is 0 Å². The molecular formula is C10H10ClFO3S. The van der Waals surface area contributed by atoms with Crippen LogP contribution in [0.1, 0.15) is 12.5 Å². The van der Waals surface area contributed by atoms with Crippen LogP contribution in [0.3, 0.4) is 0 Å². The number of halogens is 2. The first-order valence-electron chi connectivity index (χ1n) is 4.34. The highest BCUT2D eigenvalue weighted by atomic mass is 35.5. The van der Waals surface area contributed by atoms with E-state index >= 15 is 0 Å². The number of hydrogen-bond acceptors (Lipinski definition) is 3. The summed E-state index contributed by atoms with van der Waals surface area (Å²) in [6.07, 6.45) is 1.14. The van der Waals surface area contributed by atoms with Gasteiger partial charge in [0.2, 0.25) is 0 Å². The fourth-order valence-electron chi connectivity index (χ4n) is 1.17. The molecule has 0 aliphatic heterocycles. The second-order valence-electron chi connectivity index (χ2n) is 3.61. The minimum Gasteiger partial charge on any atom is -0.299 e. The van der Waals surface area contributed by atoms with E-state index in [-0.39, 0.29) is 21.8 Å². The lowest BCUT2D eigenvalue weighted by molar-refractivity contribution is -0.117. The molecule has 0 aliphatic carbocycles. The molecule has 1 aromatic carbocycles. The molecule has 0 aromatic heterocycles. The van der Waals surface area contributed by atoms with Crippen LogP contribution in [0.4, 0.5) is 4.39 Å². The number of alkyl halides is 1. The van der Waals surface area contributed by atoms with Gasteiger partial charge in [-0.15, -0.1) is 0 Å². The third-order valence-electron chi connectivity index (χ3n) is 2.12. The minimum absolute atomic E-state index is 0.0277. The number of sulfone groups is 1. The van der Waals surface area contributed by atoms with E-state index in [9.17, 15) is 17.6 Å². The summed E-state index contributed by atoms with van der Waals surface area (Å²) in [7, 11) is -3.45. The Balaban J connectivity index is 3.36. The number of rotatable bonds is 3. The van der Waals surface area contributed by atoms with Crippen LogP contribution in [-0.2, 0) is 20.3 Å². The Kier molecular flexibility index (Phi) is 3.40. The largest absolute Gasteiger partial charge is 0.299 e. The van der Waals surface area contributed by atoms with Crippen LogP contribution in [-0.4, -0.2) is 21.0 Å². The average molecular weight is 265 g/mol. The zero-order valence-electron chi connectivity index (χ0n) is 8.70. The number of carbonyl (C=O) groups is 1. The van der Waals surface area contributed by atoms with Gasteiger partial charge >= 0.3 is 0 Å². The first kappa shape index (κ1) is 13.1. The van der Waals surface area contributed by atoms with Gasteiger partial charge in [0.1, 0.15) is 0 Å². The highest BCUT2D eigenvalue weighted by molar-refractivity contribution is 7.90. The maximum Gasteiger partial charge on any atom is 0.188 e. The molecule has 0 amide bonds. The molecule has 1 aromatic rings. The molecule has 16 heavy (non-hydrogen) atoms. The van der Waals surface area contributed by atoms with Gasteiger partial charge in [-0.25, -0.2) is 12.8 Å². The Bertz CT molecular complexity index is 523. The fourth-order valence-corrected chi connectivity index (χ4v) is 2.50. The molecule has 88 valence electrons. The Morgan fingerprint density at radius 1 is 1.44 bits per heavy atom. The summed E-state index contributed by atoms with van der Waals surface area (Å²) >= 11 is 5.72. The molecular weight excluding hydrogens is 255 g/mol. The molecule has 6 heteroatoms. The normalized spacial score (nSPS) is 15.5. The minimum atomic E-state index is -3.45. The molecule has 3 nitrogen and oxygen atoms in total. The highest BCUT2D eigenvalue weighted by Gasteiger charge is 2.26. The van der Waals surface area contributed by atoms with Gasteiger partial charge in [0.25, 0.3) is 0 Å². The van der Waals surface area contributed by atoms with Crippen LogP contribution in [0.25, 0.3) is 0 Å². The summed E-state index contributed by atoms with van der Waals surface area (Å²) in [6.45, 7) is 1.08. The zero-order valence-corrected chi connectivity index (χ0v) is 10.3. The monoisotopic (exact) mass is 264 g/mol. The molecule has 0 aliphatic rings. The number of carbonyl (C=O) groups excluding carboxylic acids is 1. The van der Waals surface area contributed by atoms with Crippen molar-refractivity contribution in [2.45, 2.75) is 17.5 Å². The molecule has 1 unspecified atom stereocenters.